The van der Waals surface area contributed by atoms with Crippen molar-refractivity contribution in [3.8, 4) is 16.9 Å². The third-order valence-corrected chi connectivity index (χ3v) is 2.83. The third kappa shape index (κ3) is 1.76. The number of hydrogen-bond acceptors (Lipinski definition) is 3. The quantitative estimate of drug-likeness (QED) is 0.662. The summed E-state index contributed by atoms with van der Waals surface area (Å²) < 4.78 is 5.09. The van der Waals surface area contributed by atoms with Crippen molar-refractivity contribution in [2.45, 2.75) is 0 Å². The maximum Gasteiger partial charge on any atom is 0.339 e. The van der Waals surface area contributed by atoms with E-state index < -0.39 is 5.63 Å². The summed E-state index contributed by atoms with van der Waals surface area (Å²) in [5.41, 5.74) is 1.81. The lowest BCUT2D eigenvalue weighted by atomic mass is 10.0. The van der Waals surface area contributed by atoms with Gasteiger partial charge >= 0.3 is 5.63 Å². The molecule has 0 amide bonds. The Morgan fingerprint density at radius 1 is 0.889 bits per heavy atom. The fourth-order valence-corrected chi connectivity index (χ4v) is 1.96. The predicted octanol–water partition coefficient (Wildman–Crippen LogP) is 3.17. The highest BCUT2D eigenvalue weighted by molar-refractivity contribution is 5.87. The molecule has 1 aromatic heterocycles. The van der Waals surface area contributed by atoms with Crippen molar-refractivity contribution < 1.29 is 9.52 Å². The van der Waals surface area contributed by atoms with Crippen LogP contribution in [0.2, 0.25) is 0 Å². The average molecular weight is 238 g/mol. The summed E-state index contributed by atoms with van der Waals surface area (Å²) in [4.78, 5) is 11.2. The van der Waals surface area contributed by atoms with E-state index in [4.69, 9.17) is 4.42 Å². The van der Waals surface area contributed by atoms with Crippen LogP contribution in [-0.4, -0.2) is 5.11 Å². The summed E-state index contributed by atoms with van der Waals surface area (Å²) in [7, 11) is 0. The minimum Gasteiger partial charge on any atom is -0.507 e. The van der Waals surface area contributed by atoms with Gasteiger partial charge in [-0.2, -0.15) is 0 Å². The van der Waals surface area contributed by atoms with E-state index in [-0.39, 0.29) is 5.75 Å². The number of benzene rings is 2. The minimum atomic E-state index is -0.551. The lowest BCUT2D eigenvalue weighted by Gasteiger charge is -2.04. The van der Waals surface area contributed by atoms with Crippen LogP contribution >= 0.6 is 0 Å². The Morgan fingerprint density at radius 3 is 2.44 bits per heavy atom. The molecular weight excluding hydrogens is 228 g/mol. The largest absolute Gasteiger partial charge is 0.507 e. The highest BCUT2D eigenvalue weighted by atomic mass is 16.4. The monoisotopic (exact) mass is 238 g/mol. The fourth-order valence-electron chi connectivity index (χ4n) is 1.96. The Balaban J connectivity index is 2.26. The van der Waals surface area contributed by atoms with Crippen LogP contribution in [0.3, 0.4) is 0 Å². The Labute approximate surface area is 103 Å². The molecule has 3 nitrogen and oxygen atoms in total. The maximum absolute atomic E-state index is 11.2. The molecule has 1 heterocycles. The van der Waals surface area contributed by atoms with Crippen molar-refractivity contribution in [3.63, 3.8) is 0 Å². The molecule has 0 aliphatic rings. The van der Waals surface area contributed by atoms with Gasteiger partial charge in [0.25, 0.3) is 0 Å². The number of rotatable bonds is 1. The molecule has 2 aromatic carbocycles. The van der Waals surface area contributed by atoms with E-state index in [2.05, 4.69) is 0 Å². The summed E-state index contributed by atoms with van der Waals surface area (Å²) in [5, 5.41) is 10.2. The molecule has 0 radical (unpaired) electrons. The Bertz CT molecular complexity index is 758. The first-order chi connectivity index (χ1) is 8.74. The topological polar surface area (TPSA) is 50.4 Å². The fraction of sp³-hybridized carbons (Fsp3) is 0. The van der Waals surface area contributed by atoms with E-state index in [1.165, 1.54) is 0 Å². The van der Waals surface area contributed by atoms with Crippen molar-refractivity contribution in [1.82, 2.24) is 0 Å². The lowest BCUT2D eigenvalue weighted by Crippen LogP contribution is -1.95. The van der Waals surface area contributed by atoms with Crippen LogP contribution in [0.5, 0.6) is 5.75 Å². The summed E-state index contributed by atoms with van der Waals surface area (Å²) in [6.45, 7) is 0. The maximum atomic E-state index is 11.2. The second kappa shape index (κ2) is 4.04. The first-order valence-electron chi connectivity index (χ1n) is 5.56. The molecule has 0 unspecified atom stereocenters. The van der Waals surface area contributed by atoms with Crippen molar-refractivity contribution in [2.75, 3.05) is 0 Å². The van der Waals surface area contributed by atoms with Crippen LogP contribution in [-0.2, 0) is 0 Å². The van der Waals surface area contributed by atoms with Crippen LogP contribution in [0, 0.1) is 0 Å². The zero-order chi connectivity index (χ0) is 12.5. The highest BCUT2D eigenvalue weighted by Gasteiger charge is 2.06. The average Bonchev–Trinajstić information content (AvgIpc) is 2.39. The van der Waals surface area contributed by atoms with E-state index >= 15 is 0 Å². The van der Waals surface area contributed by atoms with Crippen molar-refractivity contribution in [3.05, 3.63) is 65.0 Å². The molecule has 88 valence electrons. The normalized spacial score (nSPS) is 10.7. The molecule has 0 saturated carbocycles. The van der Waals surface area contributed by atoms with Crippen LogP contribution in [0.1, 0.15) is 0 Å². The molecule has 0 spiro atoms. The molecule has 3 rings (SSSR count). The Kier molecular flexibility index (Phi) is 2.38. The van der Waals surface area contributed by atoms with Crippen LogP contribution < -0.4 is 5.63 Å². The van der Waals surface area contributed by atoms with Crippen molar-refractivity contribution in [2.24, 2.45) is 0 Å². The Hall–Kier alpha value is -2.55. The van der Waals surface area contributed by atoms with Crippen LogP contribution in [0.4, 0.5) is 0 Å². The van der Waals surface area contributed by atoms with Gasteiger partial charge in [0, 0.05) is 0 Å². The highest BCUT2D eigenvalue weighted by Crippen LogP contribution is 2.27. The molecule has 0 fully saturated rings. The molecule has 0 bridgehead atoms. The summed E-state index contributed by atoms with van der Waals surface area (Å²) in [6, 6.07) is 16.2. The van der Waals surface area contributed by atoms with E-state index in [0.29, 0.717) is 11.0 Å². The summed E-state index contributed by atoms with van der Waals surface area (Å²) >= 11 is 0. The van der Waals surface area contributed by atoms with Crippen LogP contribution in [0.25, 0.3) is 22.1 Å². The van der Waals surface area contributed by atoms with E-state index in [1.807, 2.05) is 36.4 Å². The molecular formula is C15H10O3. The molecule has 18 heavy (non-hydrogen) atoms. The zero-order valence-corrected chi connectivity index (χ0v) is 9.46. The van der Waals surface area contributed by atoms with Gasteiger partial charge in [-0.3, -0.25) is 0 Å². The molecule has 0 atom stereocenters. The first kappa shape index (κ1) is 10.6. The third-order valence-electron chi connectivity index (χ3n) is 2.83. The second-order valence-corrected chi connectivity index (χ2v) is 4.03. The van der Waals surface area contributed by atoms with E-state index in [1.54, 1.807) is 12.1 Å². The van der Waals surface area contributed by atoms with Gasteiger partial charge in [0.1, 0.15) is 11.3 Å². The van der Waals surface area contributed by atoms with Gasteiger partial charge in [-0.05, 0) is 23.3 Å². The molecule has 1 N–H and O–H groups in total. The zero-order valence-electron chi connectivity index (χ0n) is 9.46. The summed E-state index contributed by atoms with van der Waals surface area (Å²) in [5.74, 6) is -0.0548. The number of fused-ring (bicyclic) bond motifs is 1. The minimum absolute atomic E-state index is 0.0548. The van der Waals surface area contributed by atoms with E-state index in [0.717, 1.165) is 17.2 Å². The first-order valence-corrected chi connectivity index (χ1v) is 5.56. The molecule has 0 aliphatic carbocycles. The van der Waals surface area contributed by atoms with Crippen molar-refractivity contribution in [1.29, 1.82) is 0 Å². The molecule has 3 aromatic rings. The number of aromatic hydroxyl groups is 1. The van der Waals surface area contributed by atoms with Gasteiger partial charge in [-0.15, -0.1) is 0 Å². The number of hydrogen-bond donors (Lipinski definition) is 1. The van der Waals surface area contributed by atoms with Crippen LogP contribution in [0.15, 0.2) is 63.8 Å². The van der Waals surface area contributed by atoms with Gasteiger partial charge in [-0.1, -0.05) is 36.4 Å². The summed E-state index contributed by atoms with van der Waals surface area (Å²) in [6.07, 6.45) is 0. The van der Waals surface area contributed by atoms with Crippen molar-refractivity contribution >= 4 is 11.0 Å². The van der Waals surface area contributed by atoms with Gasteiger partial charge in [0.15, 0.2) is 0 Å². The Morgan fingerprint density at radius 2 is 1.67 bits per heavy atom. The smallest absolute Gasteiger partial charge is 0.339 e. The van der Waals surface area contributed by atoms with E-state index in [9.17, 15) is 9.90 Å². The van der Waals surface area contributed by atoms with Gasteiger partial charge in [0.2, 0.25) is 0 Å². The van der Waals surface area contributed by atoms with Gasteiger partial charge < -0.3 is 9.52 Å². The van der Waals surface area contributed by atoms with Gasteiger partial charge in [-0.25, -0.2) is 4.79 Å². The molecule has 3 heteroatoms. The SMILES string of the molecule is O=c1cc(O)c2ccc(-c3ccccc3)cc2o1. The molecule has 0 aliphatic heterocycles. The second-order valence-electron chi connectivity index (χ2n) is 4.03. The van der Waals surface area contributed by atoms with Gasteiger partial charge in [0.05, 0.1) is 11.5 Å². The standard InChI is InChI=1S/C15H10O3/c16-13-9-15(17)18-14-8-11(6-7-12(13)14)10-4-2-1-3-5-10/h1-9,16H. The lowest BCUT2D eigenvalue weighted by molar-refractivity contribution is 0.468. The predicted molar refractivity (Wildman–Crippen MR) is 69.6 cm³/mol. The molecule has 0 saturated heterocycles.